The quantitative estimate of drug-likeness (QED) is 0.613. The summed E-state index contributed by atoms with van der Waals surface area (Å²) in [5.41, 5.74) is 3.99. The van der Waals surface area contributed by atoms with Crippen LogP contribution >= 0.6 is 0 Å². The van der Waals surface area contributed by atoms with E-state index < -0.39 is 0 Å². The van der Waals surface area contributed by atoms with Crippen LogP contribution in [0.15, 0.2) is 48.5 Å². The smallest absolute Gasteiger partial charge is 0.193 e. The maximum Gasteiger partial charge on any atom is 0.193 e. The highest BCUT2D eigenvalue weighted by Gasteiger charge is 2.14. The largest absolute Gasteiger partial charge is 0.327 e. The van der Waals surface area contributed by atoms with Crippen LogP contribution in [-0.4, -0.2) is 31.4 Å². The second-order valence-corrected chi connectivity index (χ2v) is 6.28. The fourth-order valence-corrected chi connectivity index (χ4v) is 2.25. The Morgan fingerprint density at radius 2 is 1.60 bits per heavy atom. The summed E-state index contributed by atoms with van der Waals surface area (Å²) >= 11 is 0. The van der Waals surface area contributed by atoms with E-state index in [1.807, 2.05) is 48.5 Å². The van der Waals surface area contributed by atoms with Crippen molar-refractivity contribution in [2.75, 3.05) is 21.1 Å². The molecular formula is C18H22NO+. The fourth-order valence-electron chi connectivity index (χ4n) is 2.25. The number of hydrogen-bond acceptors (Lipinski definition) is 1. The maximum atomic E-state index is 12.5. The molecule has 0 atom stereocenters. The van der Waals surface area contributed by atoms with Gasteiger partial charge in [-0.25, -0.2) is 0 Å². The number of benzene rings is 2. The molecule has 0 amide bonds. The molecule has 0 aliphatic rings. The van der Waals surface area contributed by atoms with Crippen LogP contribution in [0.1, 0.15) is 27.0 Å². The highest BCUT2D eigenvalue weighted by molar-refractivity contribution is 6.09. The molecule has 2 aromatic rings. The third-order valence-corrected chi connectivity index (χ3v) is 3.29. The Kier molecular flexibility index (Phi) is 4.05. The van der Waals surface area contributed by atoms with Crippen molar-refractivity contribution in [2.45, 2.75) is 13.5 Å². The first-order valence-corrected chi connectivity index (χ1v) is 6.86. The van der Waals surface area contributed by atoms with Gasteiger partial charge in [0.15, 0.2) is 5.78 Å². The molecule has 2 nitrogen and oxygen atoms in total. The fraction of sp³-hybridized carbons (Fsp3) is 0.278. The van der Waals surface area contributed by atoms with Crippen molar-refractivity contribution in [2.24, 2.45) is 0 Å². The van der Waals surface area contributed by atoms with Gasteiger partial charge in [-0.1, -0.05) is 42.5 Å². The van der Waals surface area contributed by atoms with Crippen LogP contribution in [0, 0.1) is 6.92 Å². The maximum absolute atomic E-state index is 12.5. The van der Waals surface area contributed by atoms with Gasteiger partial charge in [0.05, 0.1) is 21.1 Å². The van der Waals surface area contributed by atoms with Gasteiger partial charge in [0.25, 0.3) is 0 Å². The highest BCUT2D eigenvalue weighted by atomic mass is 16.1. The number of carbonyl (C=O) groups is 1. The number of carbonyl (C=O) groups excluding carboxylic acids is 1. The number of aryl methyl sites for hydroxylation is 1. The van der Waals surface area contributed by atoms with Crippen molar-refractivity contribution in [3.8, 4) is 0 Å². The van der Waals surface area contributed by atoms with E-state index in [-0.39, 0.29) is 5.78 Å². The summed E-state index contributed by atoms with van der Waals surface area (Å²) in [6.45, 7) is 3.02. The molecule has 2 heteroatoms. The van der Waals surface area contributed by atoms with E-state index in [0.717, 1.165) is 22.2 Å². The Morgan fingerprint density at radius 1 is 0.950 bits per heavy atom. The van der Waals surface area contributed by atoms with Crippen LogP contribution in [0.25, 0.3) is 0 Å². The van der Waals surface area contributed by atoms with Gasteiger partial charge in [-0.3, -0.25) is 4.79 Å². The molecule has 0 unspecified atom stereocenters. The molecule has 0 fully saturated rings. The highest BCUT2D eigenvalue weighted by Crippen LogP contribution is 2.17. The SMILES string of the molecule is Cc1ccc(C(=O)c2ccccc2)cc1C[N+](C)(C)C. The van der Waals surface area contributed by atoms with Crippen LogP contribution < -0.4 is 0 Å². The van der Waals surface area contributed by atoms with Gasteiger partial charge in [-0.2, -0.15) is 0 Å². The van der Waals surface area contributed by atoms with E-state index in [1.54, 1.807) is 0 Å². The van der Waals surface area contributed by atoms with Crippen LogP contribution in [-0.2, 0) is 6.54 Å². The molecule has 20 heavy (non-hydrogen) atoms. The number of hydrogen-bond donors (Lipinski definition) is 0. The lowest BCUT2D eigenvalue weighted by Gasteiger charge is -2.25. The third-order valence-electron chi connectivity index (χ3n) is 3.29. The van der Waals surface area contributed by atoms with Crippen molar-refractivity contribution in [1.82, 2.24) is 0 Å². The van der Waals surface area contributed by atoms with E-state index in [1.165, 1.54) is 11.1 Å². The molecule has 2 aromatic carbocycles. The van der Waals surface area contributed by atoms with Crippen LogP contribution in [0.3, 0.4) is 0 Å². The van der Waals surface area contributed by atoms with Crippen molar-refractivity contribution >= 4 is 5.78 Å². The van der Waals surface area contributed by atoms with Gasteiger partial charge < -0.3 is 4.48 Å². The lowest BCUT2D eigenvalue weighted by atomic mass is 9.98. The topological polar surface area (TPSA) is 17.1 Å². The second-order valence-electron chi connectivity index (χ2n) is 6.28. The Hall–Kier alpha value is -1.93. The predicted octanol–water partition coefficient (Wildman–Crippen LogP) is 3.43. The Morgan fingerprint density at radius 3 is 2.20 bits per heavy atom. The zero-order valence-corrected chi connectivity index (χ0v) is 12.7. The minimum Gasteiger partial charge on any atom is -0.327 e. The molecule has 0 aliphatic carbocycles. The monoisotopic (exact) mass is 268 g/mol. The van der Waals surface area contributed by atoms with Gasteiger partial charge in [0.1, 0.15) is 6.54 Å². The number of ketones is 1. The Balaban J connectivity index is 2.34. The van der Waals surface area contributed by atoms with Crippen LogP contribution in [0.4, 0.5) is 0 Å². The van der Waals surface area contributed by atoms with Crippen molar-refractivity contribution in [3.63, 3.8) is 0 Å². The standard InChI is InChI=1S/C18H22NO/c1-14-10-11-16(12-17(14)13-19(2,3)4)18(20)15-8-6-5-7-9-15/h5-12H,13H2,1-4H3/q+1. The summed E-state index contributed by atoms with van der Waals surface area (Å²) < 4.78 is 0.851. The molecule has 0 aromatic heterocycles. The lowest BCUT2D eigenvalue weighted by molar-refractivity contribution is -0.884. The average Bonchev–Trinajstić information content (AvgIpc) is 2.40. The first kappa shape index (κ1) is 14.5. The summed E-state index contributed by atoms with van der Waals surface area (Å²) in [5.74, 6) is 0.0910. The zero-order valence-electron chi connectivity index (χ0n) is 12.7. The van der Waals surface area contributed by atoms with Crippen molar-refractivity contribution in [3.05, 3.63) is 70.8 Å². The minimum absolute atomic E-state index is 0.0910. The van der Waals surface area contributed by atoms with Crippen molar-refractivity contribution < 1.29 is 9.28 Å². The summed E-state index contributed by atoms with van der Waals surface area (Å²) in [5, 5.41) is 0. The van der Waals surface area contributed by atoms with E-state index >= 15 is 0 Å². The van der Waals surface area contributed by atoms with E-state index in [2.05, 4.69) is 28.1 Å². The molecule has 2 rings (SSSR count). The van der Waals surface area contributed by atoms with Gasteiger partial charge >= 0.3 is 0 Å². The van der Waals surface area contributed by atoms with Gasteiger partial charge in [0, 0.05) is 16.7 Å². The first-order chi connectivity index (χ1) is 9.37. The summed E-state index contributed by atoms with van der Waals surface area (Å²) in [6, 6.07) is 15.4. The molecule has 104 valence electrons. The predicted molar refractivity (Wildman–Crippen MR) is 82.8 cm³/mol. The zero-order chi connectivity index (χ0) is 14.8. The molecule has 0 aliphatic heterocycles. The molecule has 0 spiro atoms. The minimum atomic E-state index is 0.0910. The van der Waals surface area contributed by atoms with Gasteiger partial charge in [-0.15, -0.1) is 0 Å². The normalized spacial score (nSPS) is 11.4. The van der Waals surface area contributed by atoms with E-state index in [0.29, 0.717) is 0 Å². The van der Waals surface area contributed by atoms with Gasteiger partial charge in [-0.05, 0) is 18.6 Å². The molecule has 0 heterocycles. The van der Waals surface area contributed by atoms with E-state index in [4.69, 9.17) is 0 Å². The first-order valence-electron chi connectivity index (χ1n) is 6.86. The molecule has 0 N–H and O–H groups in total. The third kappa shape index (κ3) is 3.55. The molecular weight excluding hydrogens is 246 g/mol. The molecule has 0 saturated heterocycles. The van der Waals surface area contributed by atoms with E-state index in [9.17, 15) is 4.79 Å². The summed E-state index contributed by atoms with van der Waals surface area (Å²) in [6.07, 6.45) is 0. The lowest BCUT2D eigenvalue weighted by Crippen LogP contribution is -2.33. The van der Waals surface area contributed by atoms with Crippen LogP contribution in [0.2, 0.25) is 0 Å². The van der Waals surface area contributed by atoms with Crippen molar-refractivity contribution in [1.29, 1.82) is 0 Å². The Bertz CT molecular complexity index is 609. The second kappa shape index (κ2) is 5.59. The number of nitrogens with zero attached hydrogens (tertiary/aromatic N) is 1. The Labute approximate surface area is 121 Å². The number of quaternary nitrogens is 1. The molecule has 0 bridgehead atoms. The van der Waals surface area contributed by atoms with Gasteiger partial charge in [0.2, 0.25) is 0 Å². The number of rotatable bonds is 4. The molecule has 0 saturated carbocycles. The summed E-state index contributed by atoms with van der Waals surface area (Å²) in [7, 11) is 6.47. The summed E-state index contributed by atoms with van der Waals surface area (Å²) in [4.78, 5) is 12.5. The average molecular weight is 268 g/mol. The van der Waals surface area contributed by atoms with Crippen LogP contribution in [0.5, 0.6) is 0 Å². The molecule has 0 radical (unpaired) electrons.